The molecule has 0 atom stereocenters. The third-order valence-corrected chi connectivity index (χ3v) is 4.78. The lowest BCUT2D eigenvalue weighted by atomic mass is 10.0. The summed E-state index contributed by atoms with van der Waals surface area (Å²) in [6.45, 7) is 4.13. The van der Waals surface area contributed by atoms with Crippen LogP contribution in [0.5, 0.6) is 0 Å². The molecule has 1 heterocycles. The van der Waals surface area contributed by atoms with Gasteiger partial charge in [-0.2, -0.15) is 0 Å². The number of carbonyl (C=O) groups excluding carboxylic acids is 1. The van der Waals surface area contributed by atoms with E-state index < -0.39 is 15.9 Å². The Morgan fingerprint density at radius 3 is 2.31 bits per heavy atom. The molecular formula is C19H21N3O3S. The fourth-order valence-electron chi connectivity index (χ4n) is 3.00. The van der Waals surface area contributed by atoms with Crippen molar-refractivity contribution in [3.63, 3.8) is 0 Å². The quantitative estimate of drug-likeness (QED) is 0.720. The third kappa shape index (κ3) is 3.57. The van der Waals surface area contributed by atoms with Gasteiger partial charge in [-0.3, -0.25) is 9.52 Å². The number of aromatic nitrogens is 1. The first kappa shape index (κ1) is 18.0. The monoisotopic (exact) mass is 371 g/mol. The Morgan fingerprint density at radius 1 is 1.12 bits per heavy atom. The van der Waals surface area contributed by atoms with E-state index in [0.717, 1.165) is 28.3 Å². The maximum atomic E-state index is 11.5. The van der Waals surface area contributed by atoms with Crippen LogP contribution in [0.2, 0.25) is 0 Å². The van der Waals surface area contributed by atoms with Gasteiger partial charge in [0, 0.05) is 28.8 Å². The second kappa shape index (κ2) is 6.49. The molecular weight excluding hydrogens is 350 g/mol. The number of carbonyl (C=O) groups is 1. The van der Waals surface area contributed by atoms with Gasteiger partial charge >= 0.3 is 0 Å². The molecule has 6 nitrogen and oxygen atoms in total. The molecule has 3 aromatic rings. The fourth-order valence-corrected chi connectivity index (χ4v) is 3.56. The van der Waals surface area contributed by atoms with Gasteiger partial charge < -0.3 is 10.3 Å². The van der Waals surface area contributed by atoms with Crippen molar-refractivity contribution < 1.29 is 13.2 Å². The van der Waals surface area contributed by atoms with Crippen LogP contribution in [0.4, 0.5) is 5.69 Å². The Bertz CT molecular complexity index is 1080. The molecule has 0 spiro atoms. The Morgan fingerprint density at radius 2 is 1.77 bits per heavy atom. The van der Waals surface area contributed by atoms with Gasteiger partial charge in [0.05, 0.1) is 17.5 Å². The molecule has 0 aliphatic heterocycles. The first-order chi connectivity index (χ1) is 12.2. The minimum Gasteiger partial charge on any atom is -0.366 e. The van der Waals surface area contributed by atoms with Gasteiger partial charge in [-0.1, -0.05) is 18.2 Å². The van der Waals surface area contributed by atoms with Gasteiger partial charge in [-0.25, -0.2) is 8.42 Å². The highest BCUT2D eigenvalue weighted by atomic mass is 32.2. The molecule has 136 valence electrons. The molecule has 0 radical (unpaired) electrons. The minimum atomic E-state index is -3.34. The zero-order chi connectivity index (χ0) is 19.1. The number of nitrogens with one attached hydrogen (secondary N) is 1. The summed E-state index contributed by atoms with van der Waals surface area (Å²) < 4.78 is 27.6. The third-order valence-electron chi connectivity index (χ3n) is 4.17. The van der Waals surface area contributed by atoms with Crippen LogP contribution >= 0.6 is 0 Å². The van der Waals surface area contributed by atoms with Gasteiger partial charge in [-0.15, -0.1) is 0 Å². The van der Waals surface area contributed by atoms with Crippen molar-refractivity contribution in [1.82, 2.24) is 4.57 Å². The first-order valence-corrected chi connectivity index (χ1v) is 10.1. The zero-order valence-corrected chi connectivity index (χ0v) is 15.7. The number of benzene rings is 2. The smallest absolute Gasteiger partial charge is 0.248 e. The Labute approximate surface area is 152 Å². The van der Waals surface area contributed by atoms with Gasteiger partial charge in [0.1, 0.15) is 0 Å². The van der Waals surface area contributed by atoms with E-state index in [9.17, 15) is 13.2 Å². The summed E-state index contributed by atoms with van der Waals surface area (Å²) in [5, 5.41) is 1.00. The molecule has 3 N–H and O–H groups in total. The minimum absolute atomic E-state index is 0.199. The van der Waals surface area contributed by atoms with Crippen LogP contribution in [-0.2, 0) is 10.0 Å². The van der Waals surface area contributed by atoms with E-state index in [1.54, 1.807) is 18.2 Å². The van der Waals surface area contributed by atoms with E-state index in [2.05, 4.69) is 23.1 Å². The summed E-state index contributed by atoms with van der Waals surface area (Å²) in [6.07, 6.45) is 3.17. The molecule has 0 unspecified atom stereocenters. The number of primary amides is 1. The van der Waals surface area contributed by atoms with Gasteiger partial charge in [0.25, 0.3) is 0 Å². The van der Waals surface area contributed by atoms with E-state index >= 15 is 0 Å². The van der Waals surface area contributed by atoms with Gasteiger partial charge in [0.2, 0.25) is 15.9 Å². The first-order valence-electron chi connectivity index (χ1n) is 8.18. The predicted octanol–water partition coefficient (Wildman–Crippen LogP) is 3.36. The number of fused-ring (bicyclic) bond motifs is 1. The summed E-state index contributed by atoms with van der Waals surface area (Å²) in [5.41, 5.74) is 9.19. The molecule has 0 saturated heterocycles. The number of nitrogens with two attached hydrogens (primary N) is 1. The van der Waals surface area contributed by atoms with E-state index in [4.69, 9.17) is 5.73 Å². The SMILES string of the molecule is CC(C)n1cc(-c2ccc(C(N)=O)cc2)c2ccc(NS(C)(=O)=O)cc21. The molecule has 2 aromatic carbocycles. The number of sulfonamides is 1. The van der Waals surface area contributed by atoms with E-state index in [1.807, 2.05) is 30.5 Å². The summed E-state index contributed by atoms with van der Waals surface area (Å²) in [6, 6.07) is 12.8. The highest BCUT2D eigenvalue weighted by Gasteiger charge is 2.14. The second-order valence-corrected chi connectivity index (χ2v) is 8.34. The van der Waals surface area contributed by atoms with E-state index in [0.29, 0.717) is 11.3 Å². The Hall–Kier alpha value is -2.80. The molecule has 1 amide bonds. The lowest BCUT2D eigenvalue weighted by molar-refractivity contribution is 0.100. The zero-order valence-electron chi connectivity index (χ0n) is 14.9. The molecule has 1 aromatic heterocycles. The molecule has 3 rings (SSSR count). The predicted molar refractivity (Wildman–Crippen MR) is 105 cm³/mol. The number of nitrogens with zero attached hydrogens (tertiary/aromatic N) is 1. The van der Waals surface area contributed by atoms with Crippen LogP contribution in [0.3, 0.4) is 0 Å². The van der Waals surface area contributed by atoms with Crippen LogP contribution in [0.1, 0.15) is 30.2 Å². The number of anilines is 1. The average Bonchev–Trinajstić information content (AvgIpc) is 2.92. The highest BCUT2D eigenvalue weighted by molar-refractivity contribution is 7.92. The van der Waals surface area contributed by atoms with Crippen LogP contribution in [0.25, 0.3) is 22.0 Å². The summed E-state index contributed by atoms with van der Waals surface area (Å²) in [5.74, 6) is -0.461. The Kier molecular flexibility index (Phi) is 4.50. The molecule has 0 bridgehead atoms. The molecule has 7 heteroatoms. The average molecular weight is 371 g/mol. The maximum absolute atomic E-state index is 11.5. The van der Waals surface area contributed by atoms with E-state index in [-0.39, 0.29) is 6.04 Å². The molecule has 0 aliphatic carbocycles. The number of hydrogen-bond donors (Lipinski definition) is 2. The fraction of sp³-hybridized carbons (Fsp3) is 0.211. The van der Waals surface area contributed by atoms with Crippen molar-refractivity contribution in [2.45, 2.75) is 19.9 Å². The lowest BCUT2D eigenvalue weighted by Gasteiger charge is -2.10. The standard InChI is InChI=1S/C19H21N3O3S/c1-12(2)22-11-17(13-4-6-14(7-5-13)19(20)23)16-9-8-15(10-18(16)22)21-26(3,24)25/h4-12,21H,1-3H3,(H2,20,23). The molecule has 26 heavy (non-hydrogen) atoms. The second-order valence-electron chi connectivity index (χ2n) is 6.59. The van der Waals surface area contributed by atoms with Crippen molar-refractivity contribution in [2.75, 3.05) is 11.0 Å². The van der Waals surface area contributed by atoms with Crippen molar-refractivity contribution in [2.24, 2.45) is 5.73 Å². The van der Waals surface area contributed by atoms with Crippen LogP contribution in [0.15, 0.2) is 48.7 Å². The molecule has 0 aliphatic rings. The van der Waals surface area contributed by atoms with E-state index in [1.165, 1.54) is 0 Å². The summed E-state index contributed by atoms with van der Waals surface area (Å²) in [4.78, 5) is 11.3. The number of rotatable bonds is 5. The maximum Gasteiger partial charge on any atom is 0.248 e. The highest BCUT2D eigenvalue weighted by Crippen LogP contribution is 2.34. The molecule has 0 saturated carbocycles. The van der Waals surface area contributed by atoms with Crippen molar-refractivity contribution >= 4 is 32.5 Å². The van der Waals surface area contributed by atoms with Crippen LogP contribution in [0, 0.1) is 0 Å². The van der Waals surface area contributed by atoms with Crippen molar-refractivity contribution in [3.8, 4) is 11.1 Å². The van der Waals surface area contributed by atoms with Gasteiger partial charge in [-0.05, 0) is 43.7 Å². The molecule has 0 fully saturated rings. The number of hydrogen-bond acceptors (Lipinski definition) is 3. The van der Waals surface area contributed by atoms with Crippen molar-refractivity contribution in [3.05, 3.63) is 54.2 Å². The number of amides is 1. The summed E-state index contributed by atoms with van der Waals surface area (Å²) in [7, 11) is -3.34. The lowest BCUT2D eigenvalue weighted by Crippen LogP contribution is -2.10. The largest absolute Gasteiger partial charge is 0.366 e. The van der Waals surface area contributed by atoms with Crippen LogP contribution < -0.4 is 10.5 Å². The van der Waals surface area contributed by atoms with Crippen molar-refractivity contribution in [1.29, 1.82) is 0 Å². The summed E-state index contributed by atoms with van der Waals surface area (Å²) >= 11 is 0. The van der Waals surface area contributed by atoms with Gasteiger partial charge in [0.15, 0.2) is 0 Å². The Balaban J connectivity index is 2.16. The topological polar surface area (TPSA) is 94.2 Å². The van der Waals surface area contributed by atoms with Crippen LogP contribution in [-0.4, -0.2) is 25.1 Å². The normalized spacial score (nSPS) is 11.8.